The second-order valence-corrected chi connectivity index (χ2v) is 6.61. The van der Waals surface area contributed by atoms with Gasteiger partial charge in [-0.3, -0.25) is 0 Å². The summed E-state index contributed by atoms with van der Waals surface area (Å²) in [6.07, 6.45) is 1.26. The van der Waals surface area contributed by atoms with Crippen LogP contribution in [-0.4, -0.2) is 68.6 Å². The fourth-order valence-corrected chi connectivity index (χ4v) is 2.86. The van der Waals surface area contributed by atoms with E-state index < -0.39 is 0 Å². The lowest BCUT2D eigenvalue weighted by atomic mass is 10.1. The monoisotopic (exact) mass is 331 g/mol. The summed E-state index contributed by atoms with van der Waals surface area (Å²) in [6, 6.07) is 8.58. The normalized spacial score (nSPS) is 17.5. The first-order valence-corrected chi connectivity index (χ1v) is 9.16. The molecule has 0 atom stereocenters. The van der Waals surface area contributed by atoms with Crippen molar-refractivity contribution in [3.8, 4) is 0 Å². The highest BCUT2D eigenvalue weighted by Gasteiger charge is 2.11. The Morgan fingerprint density at radius 1 is 1.08 bits per heavy atom. The smallest absolute Gasteiger partial charge is 0.191 e. The lowest BCUT2D eigenvalue weighted by Gasteiger charge is -2.21. The fraction of sp³-hybridized carbons (Fsp3) is 0.632. The topological polar surface area (TPSA) is 42.9 Å². The predicted molar refractivity (Wildman–Crippen MR) is 103 cm³/mol. The second-order valence-electron chi connectivity index (χ2n) is 6.61. The molecule has 0 spiro atoms. The van der Waals surface area contributed by atoms with E-state index in [2.05, 4.69) is 65.6 Å². The lowest BCUT2D eigenvalue weighted by Crippen LogP contribution is -2.42. The van der Waals surface area contributed by atoms with Gasteiger partial charge in [0.05, 0.1) is 6.54 Å². The Hall–Kier alpha value is -1.59. The maximum Gasteiger partial charge on any atom is 0.191 e. The van der Waals surface area contributed by atoms with Gasteiger partial charge in [-0.2, -0.15) is 0 Å². The summed E-state index contributed by atoms with van der Waals surface area (Å²) < 4.78 is 0. The number of hydrogen-bond acceptors (Lipinski definition) is 3. The van der Waals surface area contributed by atoms with E-state index in [9.17, 15) is 0 Å². The molecule has 134 valence electrons. The highest BCUT2D eigenvalue weighted by molar-refractivity contribution is 5.79. The molecule has 0 unspecified atom stereocenters. The van der Waals surface area contributed by atoms with Gasteiger partial charge in [-0.15, -0.1) is 0 Å². The van der Waals surface area contributed by atoms with Gasteiger partial charge in [0.15, 0.2) is 5.96 Å². The van der Waals surface area contributed by atoms with Crippen LogP contribution in [0.5, 0.6) is 0 Å². The van der Waals surface area contributed by atoms with Crippen LogP contribution in [0.15, 0.2) is 29.3 Å². The minimum Gasteiger partial charge on any atom is -0.357 e. The van der Waals surface area contributed by atoms with Crippen LogP contribution < -0.4 is 10.6 Å². The molecule has 24 heavy (non-hydrogen) atoms. The second kappa shape index (κ2) is 10.3. The summed E-state index contributed by atoms with van der Waals surface area (Å²) >= 11 is 0. The van der Waals surface area contributed by atoms with Crippen molar-refractivity contribution in [3.05, 3.63) is 35.4 Å². The van der Waals surface area contributed by atoms with Crippen molar-refractivity contribution in [1.29, 1.82) is 0 Å². The lowest BCUT2D eigenvalue weighted by molar-refractivity contribution is 0.280. The van der Waals surface area contributed by atoms with Crippen molar-refractivity contribution < 1.29 is 0 Å². The molecular formula is C19H33N5. The number of hydrogen-bond donors (Lipinski definition) is 2. The Labute approximate surface area is 147 Å². The van der Waals surface area contributed by atoms with Crippen molar-refractivity contribution in [1.82, 2.24) is 20.4 Å². The summed E-state index contributed by atoms with van der Waals surface area (Å²) in [7, 11) is 2.21. The summed E-state index contributed by atoms with van der Waals surface area (Å²) in [5.74, 6) is 0.907. The number of likely N-dealkylation sites (N-methyl/N-ethyl adjacent to an activating group) is 1. The van der Waals surface area contributed by atoms with Crippen LogP contribution in [0.3, 0.4) is 0 Å². The number of guanidine groups is 1. The van der Waals surface area contributed by atoms with E-state index in [0.717, 1.165) is 32.1 Å². The van der Waals surface area contributed by atoms with E-state index in [4.69, 9.17) is 4.99 Å². The van der Waals surface area contributed by atoms with Gasteiger partial charge in [0.1, 0.15) is 0 Å². The molecule has 0 bridgehead atoms. The first-order valence-electron chi connectivity index (χ1n) is 9.16. The number of aryl methyl sites for hydroxylation is 1. The zero-order valence-electron chi connectivity index (χ0n) is 15.5. The van der Waals surface area contributed by atoms with E-state index in [1.807, 2.05) is 0 Å². The van der Waals surface area contributed by atoms with E-state index >= 15 is 0 Å². The molecule has 1 aromatic carbocycles. The zero-order valence-corrected chi connectivity index (χ0v) is 15.5. The quantitative estimate of drug-likeness (QED) is 0.615. The molecule has 1 fully saturated rings. The van der Waals surface area contributed by atoms with E-state index in [0.29, 0.717) is 6.54 Å². The summed E-state index contributed by atoms with van der Waals surface area (Å²) in [5.41, 5.74) is 2.53. The third-order valence-corrected chi connectivity index (χ3v) is 4.42. The van der Waals surface area contributed by atoms with Gasteiger partial charge >= 0.3 is 0 Å². The number of benzene rings is 1. The van der Waals surface area contributed by atoms with Gasteiger partial charge in [-0.25, -0.2) is 4.99 Å². The van der Waals surface area contributed by atoms with E-state index in [1.54, 1.807) is 0 Å². The zero-order chi connectivity index (χ0) is 17.2. The Bertz CT molecular complexity index is 497. The van der Waals surface area contributed by atoms with Crippen LogP contribution in [0, 0.1) is 6.92 Å². The molecule has 0 aromatic heterocycles. The van der Waals surface area contributed by atoms with Gasteiger partial charge in [-0.05, 0) is 46.0 Å². The molecular weight excluding hydrogens is 298 g/mol. The van der Waals surface area contributed by atoms with Crippen LogP contribution in [0.2, 0.25) is 0 Å². The number of nitrogens with one attached hydrogen (secondary N) is 2. The SMILES string of the molecule is CCNC(=NCc1ccc(C)cc1)NCCN1CCCN(C)CC1. The molecule has 2 N–H and O–H groups in total. The van der Waals surface area contributed by atoms with Crippen molar-refractivity contribution in [2.24, 2.45) is 4.99 Å². The van der Waals surface area contributed by atoms with Gasteiger partial charge < -0.3 is 20.4 Å². The van der Waals surface area contributed by atoms with Crippen molar-refractivity contribution >= 4 is 5.96 Å². The molecule has 2 rings (SSSR count). The van der Waals surface area contributed by atoms with Crippen LogP contribution >= 0.6 is 0 Å². The molecule has 1 saturated heterocycles. The average molecular weight is 332 g/mol. The first-order chi connectivity index (χ1) is 11.7. The molecule has 1 aromatic rings. The predicted octanol–water partition coefficient (Wildman–Crippen LogP) is 1.69. The Kier molecular flexibility index (Phi) is 8.05. The standard InChI is InChI=1S/C19H33N5/c1-4-20-19(22-16-18-8-6-17(2)7-9-18)21-10-13-24-12-5-11-23(3)14-15-24/h6-9H,4-5,10-16H2,1-3H3,(H2,20,21,22). The maximum absolute atomic E-state index is 4.69. The number of nitrogens with zero attached hydrogens (tertiary/aromatic N) is 3. The maximum atomic E-state index is 4.69. The van der Waals surface area contributed by atoms with Gasteiger partial charge in [0.2, 0.25) is 0 Å². The van der Waals surface area contributed by atoms with E-state index in [1.165, 1.54) is 37.2 Å². The molecule has 5 nitrogen and oxygen atoms in total. The number of aliphatic imine (C=N–C) groups is 1. The highest BCUT2D eigenvalue weighted by atomic mass is 15.2. The molecule has 0 radical (unpaired) electrons. The highest BCUT2D eigenvalue weighted by Crippen LogP contribution is 2.04. The van der Waals surface area contributed by atoms with Gasteiger partial charge in [0, 0.05) is 32.7 Å². The molecule has 0 saturated carbocycles. The van der Waals surface area contributed by atoms with Gasteiger partial charge in [-0.1, -0.05) is 29.8 Å². The molecule has 1 aliphatic rings. The molecule has 5 heteroatoms. The largest absolute Gasteiger partial charge is 0.357 e. The Morgan fingerprint density at radius 3 is 2.62 bits per heavy atom. The van der Waals surface area contributed by atoms with Crippen molar-refractivity contribution in [2.75, 3.05) is 52.9 Å². The third-order valence-electron chi connectivity index (χ3n) is 4.42. The van der Waals surface area contributed by atoms with Crippen LogP contribution in [0.1, 0.15) is 24.5 Å². The Balaban J connectivity index is 1.77. The van der Waals surface area contributed by atoms with Gasteiger partial charge in [0.25, 0.3) is 0 Å². The van der Waals surface area contributed by atoms with Crippen LogP contribution in [0.4, 0.5) is 0 Å². The molecule has 1 heterocycles. The minimum atomic E-state index is 0.712. The average Bonchev–Trinajstić information content (AvgIpc) is 2.78. The van der Waals surface area contributed by atoms with Crippen LogP contribution in [-0.2, 0) is 6.54 Å². The fourth-order valence-electron chi connectivity index (χ4n) is 2.86. The first kappa shape index (κ1) is 18.7. The molecule has 1 aliphatic heterocycles. The number of rotatable bonds is 6. The van der Waals surface area contributed by atoms with Crippen molar-refractivity contribution in [3.63, 3.8) is 0 Å². The Morgan fingerprint density at radius 2 is 1.88 bits per heavy atom. The van der Waals surface area contributed by atoms with Crippen molar-refractivity contribution in [2.45, 2.75) is 26.8 Å². The summed E-state index contributed by atoms with van der Waals surface area (Å²) in [5, 5.41) is 6.80. The van der Waals surface area contributed by atoms with E-state index in [-0.39, 0.29) is 0 Å². The van der Waals surface area contributed by atoms with Crippen LogP contribution in [0.25, 0.3) is 0 Å². The molecule has 0 amide bonds. The summed E-state index contributed by atoms with van der Waals surface area (Å²) in [4.78, 5) is 9.65. The molecule has 0 aliphatic carbocycles. The minimum absolute atomic E-state index is 0.712. The summed E-state index contributed by atoms with van der Waals surface area (Å²) in [6.45, 7) is 12.6. The third kappa shape index (κ3) is 6.89.